The average molecular weight is 381 g/mol. The van der Waals surface area contributed by atoms with Crippen LogP contribution in [0.4, 0.5) is 24.8 Å². The molecule has 6 nitrogen and oxygen atoms in total. The van der Waals surface area contributed by atoms with Gasteiger partial charge in [-0.15, -0.1) is 13.2 Å². The minimum absolute atomic E-state index is 0.189. The maximum Gasteiger partial charge on any atom is 0.573 e. The number of likely N-dealkylation sites (tertiary alicyclic amines) is 1. The number of benzene rings is 1. The summed E-state index contributed by atoms with van der Waals surface area (Å²) in [4.78, 5) is 12.5. The summed E-state index contributed by atoms with van der Waals surface area (Å²) in [7, 11) is 3.83. The molecule has 0 bridgehead atoms. The van der Waals surface area contributed by atoms with Crippen LogP contribution in [0.15, 0.2) is 36.7 Å². The summed E-state index contributed by atoms with van der Waals surface area (Å²) in [6.45, 7) is 2.21. The zero-order chi connectivity index (χ0) is 19.4. The van der Waals surface area contributed by atoms with Crippen LogP contribution in [0.3, 0.4) is 0 Å². The number of anilines is 2. The lowest BCUT2D eigenvalue weighted by molar-refractivity contribution is -0.274. The number of nitrogens with zero attached hydrogens (tertiary/aromatic N) is 4. The van der Waals surface area contributed by atoms with Crippen molar-refractivity contribution in [1.82, 2.24) is 14.9 Å². The Morgan fingerprint density at radius 1 is 1.26 bits per heavy atom. The Morgan fingerprint density at radius 2 is 2.07 bits per heavy atom. The van der Waals surface area contributed by atoms with Gasteiger partial charge >= 0.3 is 6.36 Å². The summed E-state index contributed by atoms with van der Waals surface area (Å²) < 4.78 is 41.1. The molecule has 0 radical (unpaired) electrons. The number of nitrogens with one attached hydrogen (secondary N) is 1. The van der Waals surface area contributed by atoms with Gasteiger partial charge in [-0.1, -0.05) is 12.1 Å². The number of ether oxygens (including phenoxy) is 1. The first-order valence-corrected chi connectivity index (χ1v) is 8.61. The van der Waals surface area contributed by atoms with E-state index in [1.807, 2.05) is 25.1 Å². The first kappa shape index (κ1) is 19.2. The molecule has 3 rings (SSSR count). The summed E-state index contributed by atoms with van der Waals surface area (Å²) >= 11 is 0. The predicted octanol–water partition coefficient (Wildman–Crippen LogP) is 3.13. The van der Waals surface area contributed by atoms with Crippen molar-refractivity contribution in [2.24, 2.45) is 0 Å². The third kappa shape index (κ3) is 5.72. The summed E-state index contributed by atoms with van der Waals surface area (Å²) in [5.41, 5.74) is 0.786. The van der Waals surface area contributed by atoms with Crippen LogP contribution >= 0.6 is 0 Å². The monoisotopic (exact) mass is 381 g/mol. The molecule has 2 aromatic rings. The van der Waals surface area contributed by atoms with Gasteiger partial charge in [-0.2, -0.15) is 0 Å². The number of hydrogen-bond acceptors (Lipinski definition) is 6. The number of rotatable bonds is 6. The van der Waals surface area contributed by atoms with E-state index < -0.39 is 6.36 Å². The first-order valence-electron chi connectivity index (χ1n) is 8.61. The quantitative estimate of drug-likeness (QED) is 0.830. The molecule has 146 valence electrons. The number of halogens is 3. The normalized spacial score (nSPS) is 17.7. The van der Waals surface area contributed by atoms with E-state index in [0.717, 1.165) is 36.7 Å². The SMILES string of the molecule is CN(C)c1cc(NC2CCN(Cc3cccc(OC(F)(F)F)c3)C2)ncn1. The molecule has 27 heavy (non-hydrogen) atoms. The fourth-order valence-electron chi connectivity index (χ4n) is 3.07. The molecule has 1 unspecified atom stereocenters. The van der Waals surface area contributed by atoms with Crippen LogP contribution in [-0.2, 0) is 6.54 Å². The Hall–Kier alpha value is -2.55. The van der Waals surface area contributed by atoms with E-state index in [-0.39, 0.29) is 11.8 Å². The minimum Gasteiger partial charge on any atom is -0.406 e. The van der Waals surface area contributed by atoms with Gasteiger partial charge in [0.2, 0.25) is 0 Å². The van der Waals surface area contributed by atoms with Crippen LogP contribution in [0.1, 0.15) is 12.0 Å². The number of alkyl halides is 3. The second kappa shape index (κ2) is 7.99. The van der Waals surface area contributed by atoms with E-state index in [0.29, 0.717) is 6.54 Å². The molecular weight excluding hydrogens is 359 g/mol. The molecule has 2 heterocycles. The molecule has 0 aliphatic carbocycles. The van der Waals surface area contributed by atoms with Crippen molar-refractivity contribution in [3.05, 3.63) is 42.2 Å². The molecule has 0 amide bonds. The van der Waals surface area contributed by atoms with Crippen LogP contribution in [0.25, 0.3) is 0 Å². The third-order valence-corrected chi connectivity index (χ3v) is 4.27. The predicted molar refractivity (Wildman–Crippen MR) is 96.8 cm³/mol. The van der Waals surface area contributed by atoms with Gasteiger partial charge < -0.3 is 15.0 Å². The van der Waals surface area contributed by atoms with Gasteiger partial charge in [0.05, 0.1) is 0 Å². The molecule has 1 atom stereocenters. The van der Waals surface area contributed by atoms with Crippen molar-refractivity contribution in [3.8, 4) is 5.75 Å². The number of aromatic nitrogens is 2. The van der Waals surface area contributed by atoms with E-state index in [4.69, 9.17) is 0 Å². The van der Waals surface area contributed by atoms with Crippen LogP contribution in [0.2, 0.25) is 0 Å². The van der Waals surface area contributed by atoms with Gasteiger partial charge in [-0.3, -0.25) is 4.90 Å². The zero-order valence-corrected chi connectivity index (χ0v) is 15.2. The van der Waals surface area contributed by atoms with Crippen molar-refractivity contribution in [3.63, 3.8) is 0 Å². The van der Waals surface area contributed by atoms with Crippen molar-refractivity contribution < 1.29 is 17.9 Å². The van der Waals surface area contributed by atoms with E-state index >= 15 is 0 Å². The average Bonchev–Trinajstić information content (AvgIpc) is 3.00. The van der Waals surface area contributed by atoms with Gasteiger partial charge in [-0.05, 0) is 24.1 Å². The minimum atomic E-state index is -4.68. The highest BCUT2D eigenvalue weighted by atomic mass is 19.4. The molecule has 0 saturated carbocycles. The van der Waals surface area contributed by atoms with Gasteiger partial charge in [0.1, 0.15) is 23.7 Å². The molecule has 1 aliphatic heterocycles. The summed E-state index contributed by atoms with van der Waals surface area (Å²) in [5, 5.41) is 3.40. The van der Waals surface area contributed by atoms with Crippen LogP contribution in [0.5, 0.6) is 5.75 Å². The second-order valence-electron chi connectivity index (χ2n) is 6.72. The standard InChI is InChI=1S/C18H22F3N5O/c1-25(2)17-9-16(22-12-23-17)24-14-6-7-26(11-14)10-13-4-3-5-15(8-13)27-18(19,20)21/h3-5,8-9,12,14H,6-7,10-11H2,1-2H3,(H,22,23,24). The first-order chi connectivity index (χ1) is 12.8. The van der Waals surface area contributed by atoms with Gasteiger partial charge in [0, 0.05) is 45.8 Å². The van der Waals surface area contributed by atoms with Gasteiger partial charge in [0.25, 0.3) is 0 Å². The van der Waals surface area contributed by atoms with Crippen molar-refractivity contribution >= 4 is 11.6 Å². The number of hydrogen-bond donors (Lipinski definition) is 1. The van der Waals surface area contributed by atoms with Crippen LogP contribution in [-0.4, -0.2) is 54.5 Å². The fraction of sp³-hybridized carbons (Fsp3) is 0.444. The molecule has 1 aliphatic rings. The maximum atomic E-state index is 12.4. The van der Waals surface area contributed by atoms with E-state index in [1.165, 1.54) is 18.5 Å². The summed E-state index contributed by atoms with van der Waals surface area (Å²) in [6, 6.07) is 8.24. The molecule has 1 fully saturated rings. The Balaban J connectivity index is 1.56. The molecule has 0 spiro atoms. The lowest BCUT2D eigenvalue weighted by Gasteiger charge is -2.18. The lowest BCUT2D eigenvalue weighted by Crippen LogP contribution is -2.26. The lowest BCUT2D eigenvalue weighted by atomic mass is 10.2. The molecule has 1 aromatic heterocycles. The Morgan fingerprint density at radius 3 is 2.81 bits per heavy atom. The van der Waals surface area contributed by atoms with Gasteiger partial charge in [-0.25, -0.2) is 9.97 Å². The largest absolute Gasteiger partial charge is 0.573 e. The van der Waals surface area contributed by atoms with Crippen LogP contribution in [0, 0.1) is 0 Å². The highest BCUT2D eigenvalue weighted by molar-refractivity contribution is 5.48. The van der Waals surface area contributed by atoms with E-state index in [9.17, 15) is 13.2 Å². The van der Waals surface area contributed by atoms with Crippen molar-refractivity contribution in [2.75, 3.05) is 37.4 Å². The molecule has 1 aromatic carbocycles. The molecule has 9 heteroatoms. The second-order valence-corrected chi connectivity index (χ2v) is 6.72. The zero-order valence-electron chi connectivity index (χ0n) is 15.2. The van der Waals surface area contributed by atoms with Crippen molar-refractivity contribution in [1.29, 1.82) is 0 Å². The Labute approximate surface area is 156 Å². The Kier molecular flexibility index (Phi) is 5.69. The summed E-state index contributed by atoms with van der Waals surface area (Å²) in [5.74, 6) is 1.40. The smallest absolute Gasteiger partial charge is 0.406 e. The third-order valence-electron chi connectivity index (χ3n) is 4.27. The highest BCUT2D eigenvalue weighted by Crippen LogP contribution is 2.25. The fourth-order valence-corrected chi connectivity index (χ4v) is 3.07. The highest BCUT2D eigenvalue weighted by Gasteiger charge is 2.31. The molecule has 1 saturated heterocycles. The van der Waals surface area contributed by atoms with E-state index in [1.54, 1.807) is 12.1 Å². The molecular formula is C18H22F3N5O. The van der Waals surface area contributed by atoms with E-state index in [2.05, 4.69) is 24.9 Å². The molecule has 1 N–H and O–H groups in total. The van der Waals surface area contributed by atoms with Crippen LogP contribution < -0.4 is 15.0 Å². The Bertz CT molecular complexity index is 769. The van der Waals surface area contributed by atoms with Gasteiger partial charge in [0.15, 0.2) is 0 Å². The topological polar surface area (TPSA) is 53.5 Å². The summed E-state index contributed by atoms with van der Waals surface area (Å²) in [6.07, 6.45) is -2.22. The maximum absolute atomic E-state index is 12.4. The van der Waals surface area contributed by atoms with Crippen molar-refractivity contribution in [2.45, 2.75) is 25.4 Å².